The zero-order valence-corrected chi connectivity index (χ0v) is 16.3. The highest BCUT2D eigenvalue weighted by Crippen LogP contribution is 2.34. The van der Waals surface area contributed by atoms with Gasteiger partial charge in [0.25, 0.3) is 0 Å². The monoisotopic (exact) mass is 427 g/mol. The first-order valence-electron chi connectivity index (χ1n) is 8.83. The molecule has 0 fully saturated rings. The summed E-state index contributed by atoms with van der Waals surface area (Å²) in [6, 6.07) is 27.9. The van der Waals surface area contributed by atoms with Crippen LogP contribution in [0, 0.1) is 0 Å². The number of hydrogen-bond acceptors (Lipinski definition) is 4. The molecule has 0 N–H and O–H groups in total. The molecule has 2 heterocycles. The van der Waals surface area contributed by atoms with Crippen LogP contribution >= 0.6 is 15.9 Å². The van der Waals surface area contributed by atoms with E-state index in [9.17, 15) is 0 Å². The molecule has 0 spiro atoms. The van der Waals surface area contributed by atoms with E-state index < -0.39 is 0 Å². The number of halogens is 1. The third-order valence-corrected chi connectivity index (χ3v) is 5.24. The summed E-state index contributed by atoms with van der Waals surface area (Å²) in [4.78, 5) is 4.81. The highest BCUT2D eigenvalue weighted by molar-refractivity contribution is 9.10. The topological polar surface area (TPSA) is 51.8 Å². The molecule has 0 aliphatic heterocycles. The average molecular weight is 428 g/mol. The summed E-state index contributed by atoms with van der Waals surface area (Å²) in [5.41, 5.74) is 4.53. The number of para-hydroxylation sites is 1. The highest BCUT2D eigenvalue weighted by atomic mass is 79.9. The summed E-state index contributed by atoms with van der Waals surface area (Å²) in [7, 11) is 0. The quantitative estimate of drug-likeness (QED) is 0.335. The molecule has 0 aliphatic carbocycles. The predicted molar refractivity (Wildman–Crippen MR) is 114 cm³/mol. The van der Waals surface area contributed by atoms with Gasteiger partial charge in [-0.1, -0.05) is 60.7 Å². The molecule has 3 aromatic carbocycles. The SMILES string of the molecule is Brc1ccccc1-c1nnc(-c2cc(-c3ccccc3)nc3ccccc23)o1. The molecule has 0 amide bonds. The molecule has 4 nitrogen and oxygen atoms in total. The fourth-order valence-electron chi connectivity index (χ4n) is 3.18. The molecule has 0 atom stereocenters. The van der Waals surface area contributed by atoms with Crippen molar-refractivity contribution in [3.05, 3.63) is 89.4 Å². The molecule has 0 radical (unpaired) electrons. The Morgan fingerprint density at radius 3 is 2.18 bits per heavy atom. The molecule has 0 aliphatic rings. The van der Waals surface area contributed by atoms with Crippen LogP contribution in [0.2, 0.25) is 0 Å². The van der Waals surface area contributed by atoms with E-state index in [1.807, 2.05) is 84.9 Å². The lowest BCUT2D eigenvalue weighted by atomic mass is 10.0. The first kappa shape index (κ1) is 16.8. The van der Waals surface area contributed by atoms with Gasteiger partial charge in [-0.15, -0.1) is 10.2 Å². The third-order valence-electron chi connectivity index (χ3n) is 4.55. The minimum atomic E-state index is 0.474. The van der Waals surface area contributed by atoms with Crippen molar-refractivity contribution in [1.82, 2.24) is 15.2 Å². The van der Waals surface area contributed by atoms with E-state index in [0.29, 0.717) is 11.8 Å². The molecule has 28 heavy (non-hydrogen) atoms. The highest BCUT2D eigenvalue weighted by Gasteiger charge is 2.16. The van der Waals surface area contributed by atoms with Crippen LogP contribution in [0.3, 0.4) is 0 Å². The van der Waals surface area contributed by atoms with E-state index >= 15 is 0 Å². The van der Waals surface area contributed by atoms with Crippen molar-refractivity contribution < 1.29 is 4.42 Å². The van der Waals surface area contributed by atoms with E-state index in [-0.39, 0.29) is 0 Å². The molecule has 134 valence electrons. The van der Waals surface area contributed by atoms with Crippen LogP contribution in [-0.4, -0.2) is 15.2 Å². The van der Waals surface area contributed by atoms with Gasteiger partial charge in [0.05, 0.1) is 22.3 Å². The van der Waals surface area contributed by atoms with E-state index in [0.717, 1.165) is 37.8 Å². The van der Waals surface area contributed by atoms with Crippen LogP contribution in [0.15, 0.2) is 93.8 Å². The van der Waals surface area contributed by atoms with Crippen LogP contribution in [0.1, 0.15) is 0 Å². The Kier molecular flexibility index (Phi) is 4.22. The van der Waals surface area contributed by atoms with Gasteiger partial charge in [-0.3, -0.25) is 0 Å². The van der Waals surface area contributed by atoms with Crippen LogP contribution in [0.4, 0.5) is 0 Å². The largest absolute Gasteiger partial charge is 0.416 e. The smallest absolute Gasteiger partial charge is 0.249 e. The van der Waals surface area contributed by atoms with Gasteiger partial charge >= 0.3 is 0 Å². The van der Waals surface area contributed by atoms with Gasteiger partial charge in [-0.2, -0.15) is 0 Å². The maximum absolute atomic E-state index is 6.06. The first-order chi connectivity index (χ1) is 13.8. The second-order valence-electron chi connectivity index (χ2n) is 6.33. The van der Waals surface area contributed by atoms with Crippen molar-refractivity contribution in [1.29, 1.82) is 0 Å². The van der Waals surface area contributed by atoms with E-state index in [2.05, 4.69) is 26.1 Å². The normalized spacial score (nSPS) is 11.0. The summed E-state index contributed by atoms with van der Waals surface area (Å²) in [6.45, 7) is 0. The van der Waals surface area contributed by atoms with Crippen LogP contribution in [0.5, 0.6) is 0 Å². The van der Waals surface area contributed by atoms with Gasteiger partial charge < -0.3 is 4.42 Å². The van der Waals surface area contributed by atoms with Crippen LogP contribution in [-0.2, 0) is 0 Å². The molecule has 0 saturated carbocycles. The number of pyridine rings is 1. The lowest BCUT2D eigenvalue weighted by Crippen LogP contribution is -1.89. The molecular formula is C23H14BrN3O. The van der Waals surface area contributed by atoms with Crippen molar-refractivity contribution in [3.63, 3.8) is 0 Å². The van der Waals surface area contributed by atoms with Crippen molar-refractivity contribution in [2.75, 3.05) is 0 Å². The molecule has 5 aromatic rings. The molecular weight excluding hydrogens is 414 g/mol. The number of fused-ring (bicyclic) bond motifs is 1. The van der Waals surface area contributed by atoms with Gasteiger partial charge in [0.1, 0.15) is 0 Å². The standard InChI is InChI=1S/C23H14BrN3O/c24-19-12-6-4-11-17(19)22-26-27-23(28-22)18-14-21(15-8-2-1-3-9-15)25-20-13-7-5-10-16(18)20/h1-14H. The number of nitrogens with zero attached hydrogens (tertiary/aromatic N) is 3. The van der Waals surface area contributed by atoms with Gasteiger partial charge in [0.2, 0.25) is 11.8 Å². The van der Waals surface area contributed by atoms with Crippen molar-refractivity contribution in [2.24, 2.45) is 0 Å². The second-order valence-corrected chi connectivity index (χ2v) is 7.18. The van der Waals surface area contributed by atoms with E-state index in [4.69, 9.17) is 9.40 Å². The van der Waals surface area contributed by atoms with Gasteiger partial charge in [0, 0.05) is 15.4 Å². The van der Waals surface area contributed by atoms with Gasteiger partial charge in [-0.05, 0) is 40.2 Å². The third kappa shape index (κ3) is 3.00. The van der Waals surface area contributed by atoms with Crippen molar-refractivity contribution in [2.45, 2.75) is 0 Å². The number of hydrogen-bond donors (Lipinski definition) is 0. The fourth-order valence-corrected chi connectivity index (χ4v) is 3.64. The number of aromatic nitrogens is 3. The van der Waals surface area contributed by atoms with Gasteiger partial charge in [0.15, 0.2) is 0 Å². The summed E-state index contributed by atoms with van der Waals surface area (Å²) >= 11 is 3.54. The van der Waals surface area contributed by atoms with Crippen molar-refractivity contribution >= 4 is 26.8 Å². The lowest BCUT2D eigenvalue weighted by Gasteiger charge is -2.07. The molecule has 0 bridgehead atoms. The lowest BCUT2D eigenvalue weighted by molar-refractivity contribution is 0.585. The Hall–Kier alpha value is -3.31. The van der Waals surface area contributed by atoms with Crippen LogP contribution in [0.25, 0.3) is 45.1 Å². The van der Waals surface area contributed by atoms with Crippen molar-refractivity contribution in [3.8, 4) is 34.2 Å². The van der Waals surface area contributed by atoms with E-state index in [1.54, 1.807) is 0 Å². The molecule has 0 unspecified atom stereocenters. The molecule has 5 heteroatoms. The maximum atomic E-state index is 6.06. The zero-order chi connectivity index (χ0) is 18.9. The Balaban J connectivity index is 1.70. The molecule has 0 saturated heterocycles. The number of rotatable bonds is 3. The zero-order valence-electron chi connectivity index (χ0n) is 14.7. The summed E-state index contributed by atoms with van der Waals surface area (Å²) in [5.74, 6) is 0.950. The second kappa shape index (κ2) is 7.02. The number of benzene rings is 3. The Morgan fingerprint density at radius 2 is 1.36 bits per heavy atom. The molecule has 2 aromatic heterocycles. The summed E-state index contributed by atoms with van der Waals surface area (Å²) in [6.07, 6.45) is 0. The predicted octanol–water partition coefficient (Wildman–Crippen LogP) is 6.38. The maximum Gasteiger partial charge on any atom is 0.249 e. The van der Waals surface area contributed by atoms with Gasteiger partial charge in [-0.25, -0.2) is 4.98 Å². The average Bonchev–Trinajstić information content (AvgIpc) is 3.24. The minimum Gasteiger partial charge on any atom is -0.416 e. The summed E-state index contributed by atoms with van der Waals surface area (Å²) in [5, 5.41) is 9.57. The minimum absolute atomic E-state index is 0.474. The Morgan fingerprint density at radius 1 is 0.679 bits per heavy atom. The summed E-state index contributed by atoms with van der Waals surface area (Å²) < 4.78 is 6.97. The van der Waals surface area contributed by atoms with E-state index in [1.165, 1.54) is 0 Å². The van der Waals surface area contributed by atoms with Crippen LogP contribution < -0.4 is 0 Å². The molecule has 5 rings (SSSR count). The first-order valence-corrected chi connectivity index (χ1v) is 9.63. The Bertz CT molecular complexity index is 1280. The Labute approximate surface area is 170 Å². The fraction of sp³-hybridized carbons (Fsp3) is 0.